The first-order valence-electron chi connectivity index (χ1n) is 8.49. The number of nitrogens with one attached hydrogen (secondary N) is 3. The van der Waals surface area contributed by atoms with E-state index < -0.39 is 0 Å². The van der Waals surface area contributed by atoms with Crippen molar-refractivity contribution in [3.8, 4) is 5.75 Å². The van der Waals surface area contributed by atoms with Gasteiger partial charge in [-0.3, -0.25) is 9.59 Å². The van der Waals surface area contributed by atoms with E-state index in [2.05, 4.69) is 25.9 Å². The van der Waals surface area contributed by atoms with E-state index in [1.165, 1.54) is 0 Å². The van der Waals surface area contributed by atoms with Crippen LogP contribution >= 0.6 is 0 Å². The van der Waals surface area contributed by atoms with Crippen LogP contribution in [0.2, 0.25) is 0 Å². The van der Waals surface area contributed by atoms with Gasteiger partial charge in [-0.1, -0.05) is 0 Å². The number of aromatic nitrogens is 2. The lowest BCUT2D eigenvalue weighted by Crippen LogP contribution is -2.43. The molecule has 1 aliphatic heterocycles. The Morgan fingerprint density at radius 2 is 2.12 bits per heavy atom. The van der Waals surface area contributed by atoms with Crippen molar-refractivity contribution in [3.05, 3.63) is 41.9 Å². The molecule has 1 aromatic heterocycles. The topological polar surface area (TPSA) is 105 Å². The molecule has 1 aromatic carbocycles. The molecule has 2 heterocycles. The number of carbonyl (C=O) groups is 2. The molecule has 0 spiro atoms. The maximum Gasteiger partial charge on any atom is 0.262 e. The lowest BCUT2D eigenvalue weighted by molar-refractivity contribution is -0.118. The lowest BCUT2D eigenvalue weighted by Gasteiger charge is -2.35. The summed E-state index contributed by atoms with van der Waals surface area (Å²) in [4.78, 5) is 32.2. The number of anilines is 2. The highest BCUT2D eigenvalue weighted by atomic mass is 16.5. The van der Waals surface area contributed by atoms with Gasteiger partial charge in [-0.2, -0.15) is 0 Å². The summed E-state index contributed by atoms with van der Waals surface area (Å²) in [7, 11) is 1.82. The van der Waals surface area contributed by atoms with Crippen LogP contribution in [0.5, 0.6) is 5.75 Å². The number of amides is 2. The first-order valence-corrected chi connectivity index (χ1v) is 8.49. The van der Waals surface area contributed by atoms with Crippen LogP contribution in [0.25, 0.3) is 0 Å². The van der Waals surface area contributed by atoms with Crippen LogP contribution in [0, 0.1) is 0 Å². The Balaban J connectivity index is 1.36. The van der Waals surface area contributed by atoms with Crippen LogP contribution in [-0.2, 0) is 4.79 Å². The minimum absolute atomic E-state index is 0.0318. The van der Waals surface area contributed by atoms with E-state index in [9.17, 15) is 9.59 Å². The monoisotopic (exact) mass is 353 g/mol. The first-order chi connectivity index (χ1) is 12.6. The molecule has 8 nitrogen and oxygen atoms in total. The Labute approximate surface area is 150 Å². The predicted octanol–water partition coefficient (Wildman–Crippen LogP) is 1.53. The minimum Gasteiger partial charge on any atom is -0.482 e. The molecule has 4 rings (SSSR count). The molecule has 0 unspecified atom stereocenters. The number of hydrogen-bond acceptors (Lipinski definition) is 6. The summed E-state index contributed by atoms with van der Waals surface area (Å²) in [5.41, 5.74) is 2.10. The van der Waals surface area contributed by atoms with Crippen LogP contribution in [-0.4, -0.2) is 41.5 Å². The van der Waals surface area contributed by atoms with Crippen LogP contribution in [0.3, 0.4) is 0 Å². The third kappa shape index (κ3) is 3.17. The molecule has 1 saturated carbocycles. The standard InChI is InChI=1S/C18H19N5O3/c1-19-16-7-14(20-9-21-16)11-4-12(5-11)22-18(25)10-2-3-13-15(6-10)26-8-17(24)23-13/h2-3,6-7,9,11-12H,4-5,8H2,1H3,(H,22,25)(H,23,24)(H,19,20,21). The smallest absolute Gasteiger partial charge is 0.262 e. The van der Waals surface area contributed by atoms with Gasteiger partial charge in [-0.25, -0.2) is 9.97 Å². The second-order valence-corrected chi connectivity index (χ2v) is 6.46. The molecule has 26 heavy (non-hydrogen) atoms. The van der Waals surface area contributed by atoms with Gasteiger partial charge in [0.05, 0.1) is 5.69 Å². The van der Waals surface area contributed by atoms with Gasteiger partial charge < -0.3 is 20.7 Å². The quantitative estimate of drug-likeness (QED) is 0.770. The molecule has 0 bridgehead atoms. The molecule has 2 aromatic rings. The van der Waals surface area contributed by atoms with E-state index >= 15 is 0 Å². The molecule has 0 saturated heterocycles. The van der Waals surface area contributed by atoms with E-state index in [0.29, 0.717) is 22.9 Å². The predicted molar refractivity (Wildman–Crippen MR) is 95.4 cm³/mol. The molecular weight excluding hydrogens is 334 g/mol. The summed E-state index contributed by atoms with van der Waals surface area (Å²) in [6.07, 6.45) is 3.26. The zero-order valence-corrected chi connectivity index (χ0v) is 14.3. The molecule has 0 radical (unpaired) electrons. The van der Waals surface area contributed by atoms with Crippen molar-refractivity contribution in [1.82, 2.24) is 15.3 Å². The van der Waals surface area contributed by atoms with Crippen LogP contribution in [0.1, 0.15) is 34.8 Å². The normalized spacial score (nSPS) is 20.9. The van der Waals surface area contributed by atoms with Crippen molar-refractivity contribution < 1.29 is 14.3 Å². The van der Waals surface area contributed by atoms with E-state index in [1.807, 2.05) is 13.1 Å². The van der Waals surface area contributed by atoms with Gasteiger partial charge in [-0.15, -0.1) is 0 Å². The Morgan fingerprint density at radius 1 is 1.27 bits per heavy atom. The molecule has 134 valence electrons. The van der Waals surface area contributed by atoms with Gasteiger partial charge in [-0.05, 0) is 31.0 Å². The van der Waals surface area contributed by atoms with Crippen LogP contribution in [0.15, 0.2) is 30.6 Å². The Bertz CT molecular complexity index is 864. The van der Waals surface area contributed by atoms with Crippen molar-refractivity contribution in [2.75, 3.05) is 24.3 Å². The third-order valence-corrected chi connectivity index (χ3v) is 4.71. The summed E-state index contributed by atoms with van der Waals surface area (Å²) in [6, 6.07) is 7.09. The zero-order chi connectivity index (χ0) is 18.1. The Hall–Kier alpha value is -3.16. The van der Waals surface area contributed by atoms with Crippen molar-refractivity contribution in [1.29, 1.82) is 0 Å². The Morgan fingerprint density at radius 3 is 2.92 bits per heavy atom. The lowest BCUT2D eigenvalue weighted by atomic mass is 9.78. The van der Waals surface area contributed by atoms with Crippen LogP contribution in [0.4, 0.5) is 11.5 Å². The number of benzene rings is 1. The van der Waals surface area contributed by atoms with Crippen molar-refractivity contribution in [3.63, 3.8) is 0 Å². The number of ether oxygens (including phenoxy) is 1. The molecule has 1 fully saturated rings. The molecule has 8 heteroatoms. The summed E-state index contributed by atoms with van der Waals surface area (Å²) in [5, 5.41) is 8.75. The van der Waals surface area contributed by atoms with Crippen molar-refractivity contribution >= 4 is 23.3 Å². The first kappa shape index (κ1) is 16.3. The maximum atomic E-state index is 12.5. The average Bonchev–Trinajstić information content (AvgIpc) is 2.63. The molecule has 0 atom stereocenters. The average molecular weight is 353 g/mol. The largest absolute Gasteiger partial charge is 0.482 e. The maximum absolute atomic E-state index is 12.5. The fourth-order valence-corrected chi connectivity index (χ4v) is 3.19. The number of hydrogen-bond donors (Lipinski definition) is 3. The summed E-state index contributed by atoms with van der Waals surface area (Å²) >= 11 is 0. The van der Waals surface area contributed by atoms with Gasteiger partial charge in [0, 0.05) is 36.3 Å². The highest BCUT2D eigenvalue weighted by molar-refractivity contribution is 5.99. The third-order valence-electron chi connectivity index (χ3n) is 4.71. The van der Waals surface area contributed by atoms with E-state index in [1.54, 1.807) is 24.5 Å². The second-order valence-electron chi connectivity index (χ2n) is 6.46. The van der Waals surface area contributed by atoms with Gasteiger partial charge in [0.2, 0.25) is 0 Å². The molecular formula is C18H19N5O3. The second kappa shape index (κ2) is 6.62. The minimum atomic E-state index is -0.193. The van der Waals surface area contributed by atoms with Crippen LogP contribution < -0.4 is 20.7 Å². The van der Waals surface area contributed by atoms with E-state index in [-0.39, 0.29) is 24.5 Å². The molecule has 2 aliphatic rings. The number of nitrogens with zero attached hydrogens (tertiary/aromatic N) is 2. The van der Waals surface area contributed by atoms with Gasteiger partial charge >= 0.3 is 0 Å². The zero-order valence-electron chi connectivity index (χ0n) is 14.3. The fraction of sp³-hybridized carbons (Fsp3) is 0.333. The number of fused-ring (bicyclic) bond motifs is 1. The Kier molecular flexibility index (Phi) is 4.16. The summed E-state index contributed by atoms with van der Waals surface area (Å²) < 4.78 is 5.36. The molecule has 3 N–H and O–H groups in total. The SMILES string of the molecule is CNc1cc(C2CC(NC(=O)c3ccc4c(c3)OCC(=O)N4)C2)ncn1. The molecule has 1 aliphatic carbocycles. The van der Waals surface area contributed by atoms with Gasteiger partial charge in [0.1, 0.15) is 17.9 Å². The van der Waals surface area contributed by atoms with Gasteiger partial charge in [0.25, 0.3) is 11.8 Å². The number of rotatable bonds is 4. The number of carbonyl (C=O) groups excluding carboxylic acids is 2. The van der Waals surface area contributed by atoms with Crippen molar-refractivity contribution in [2.24, 2.45) is 0 Å². The highest BCUT2D eigenvalue weighted by Gasteiger charge is 2.33. The molecule has 2 amide bonds. The van der Waals surface area contributed by atoms with E-state index in [0.717, 1.165) is 24.4 Å². The van der Waals surface area contributed by atoms with Gasteiger partial charge in [0.15, 0.2) is 6.61 Å². The van der Waals surface area contributed by atoms with E-state index in [4.69, 9.17) is 4.74 Å². The summed E-state index contributed by atoms with van der Waals surface area (Å²) in [5.74, 6) is 1.31. The van der Waals surface area contributed by atoms with Crippen molar-refractivity contribution in [2.45, 2.75) is 24.8 Å². The highest BCUT2D eigenvalue weighted by Crippen LogP contribution is 2.36. The fourth-order valence-electron chi connectivity index (χ4n) is 3.19. The summed E-state index contributed by atoms with van der Waals surface area (Å²) in [6.45, 7) is -0.0318.